The summed E-state index contributed by atoms with van der Waals surface area (Å²) in [5, 5.41) is 0.762. The molecule has 0 bridgehead atoms. The molecule has 1 aromatic carbocycles. The minimum absolute atomic E-state index is 0.0850. The Bertz CT molecular complexity index is 380. The molecule has 1 saturated heterocycles. The lowest BCUT2D eigenvalue weighted by atomic mass is 9.99. The van der Waals surface area contributed by atoms with Crippen molar-refractivity contribution in [3.05, 3.63) is 34.9 Å². The van der Waals surface area contributed by atoms with Gasteiger partial charge in [-0.2, -0.15) is 0 Å². The summed E-state index contributed by atoms with van der Waals surface area (Å²) in [4.78, 5) is 2.40. The molecular formula is C14H21ClN2O. The smallest absolute Gasteiger partial charge is 0.0710 e. The quantitative estimate of drug-likeness (QED) is 0.912. The van der Waals surface area contributed by atoms with Crippen LogP contribution >= 0.6 is 11.6 Å². The van der Waals surface area contributed by atoms with E-state index in [0.717, 1.165) is 24.5 Å². The zero-order valence-corrected chi connectivity index (χ0v) is 11.7. The van der Waals surface area contributed by atoms with E-state index >= 15 is 0 Å². The summed E-state index contributed by atoms with van der Waals surface area (Å²) < 4.78 is 5.42. The molecule has 0 spiro atoms. The topological polar surface area (TPSA) is 38.5 Å². The molecule has 0 aliphatic carbocycles. The van der Waals surface area contributed by atoms with Crippen LogP contribution < -0.4 is 5.73 Å². The van der Waals surface area contributed by atoms with E-state index in [2.05, 4.69) is 24.0 Å². The first-order valence-electron chi connectivity index (χ1n) is 6.39. The Labute approximate surface area is 114 Å². The van der Waals surface area contributed by atoms with Crippen LogP contribution in [-0.2, 0) is 4.74 Å². The highest BCUT2D eigenvalue weighted by atomic mass is 35.5. The number of methoxy groups -OCH3 is 1. The third kappa shape index (κ3) is 3.04. The predicted octanol–water partition coefficient (Wildman–Crippen LogP) is 2.45. The molecule has 18 heavy (non-hydrogen) atoms. The van der Waals surface area contributed by atoms with Crippen molar-refractivity contribution >= 4 is 11.6 Å². The third-order valence-electron chi connectivity index (χ3n) is 3.61. The summed E-state index contributed by atoms with van der Waals surface area (Å²) in [6.45, 7) is 4.04. The fourth-order valence-electron chi connectivity index (χ4n) is 2.71. The van der Waals surface area contributed by atoms with E-state index in [1.54, 1.807) is 7.11 Å². The zero-order valence-electron chi connectivity index (χ0n) is 11.0. The number of hydrogen-bond acceptors (Lipinski definition) is 3. The maximum Gasteiger partial charge on any atom is 0.0710 e. The maximum absolute atomic E-state index is 6.16. The number of nitrogens with two attached hydrogens (primary N) is 1. The molecule has 1 aromatic rings. The number of benzene rings is 1. The molecule has 1 aliphatic heterocycles. The van der Waals surface area contributed by atoms with Crippen molar-refractivity contribution in [1.82, 2.24) is 4.90 Å². The van der Waals surface area contributed by atoms with Gasteiger partial charge in [0.1, 0.15) is 0 Å². The van der Waals surface area contributed by atoms with Crippen molar-refractivity contribution in [2.45, 2.75) is 31.5 Å². The highest BCUT2D eigenvalue weighted by Gasteiger charge is 2.31. The molecule has 0 aromatic heterocycles. The van der Waals surface area contributed by atoms with E-state index < -0.39 is 0 Å². The molecule has 2 N–H and O–H groups in total. The molecule has 4 heteroatoms. The van der Waals surface area contributed by atoms with E-state index in [-0.39, 0.29) is 12.1 Å². The van der Waals surface area contributed by atoms with Gasteiger partial charge in [0, 0.05) is 37.3 Å². The molecule has 0 radical (unpaired) electrons. The van der Waals surface area contributed by atoms with Crippen molar-refractivity contribution in [3.63, 3.8) is 0 Å². The first kappa shape index (κ1) is 13.8. The molecule has 1 fully saturated rings. The second-order valence-corrected chi connectivity index (χ2v) is 5.43. The summed E-state index contributed by atoms with van der Waals surface area (Å²) in [7, 11) is 1.78. The Hall–Kier alpha value is -0.610. The number of nitrogens with zero attached hydrogens (tertiary/aromatic N) is 1. The Balaban J connectivity index is 2.16. The van der Waals surface area contributed by atoms with Gasteiger partial charge in [0.25, 0.3) is 0 Å². The van der Waals surface area contributed by atoms with Crippen LogP contribution in [0, 0.1) is 0 Å². The van der Waals surface area contributed by atoms with Gasteiger partial charge in [-0.3, -0.25) is 4.90 Å². The van der Waals surface area contributed by atoms with Gasteiger partial charge in [0.2, 0.25) is 0 Å². The average Bonchev–Trinajstić information content (AvgIpc) is 2.80. The number of rotatable bonds is 4. The number of ether oxygens (including phenoxy) is 1. The lowest BCUT2D eigenvalue weighted by Crippen LogP contribution is -2.38. The van der Waals surface area contributed by atoms with Gasteiger partial charge in [-0.05, 0) is 31.0 Å². The fourth-order valence-corrected chi connectivity index (χ4v) is 2.83. The summed E-state index contributed by atoms with van der Waals surface area (Å²) in [5.74, 6) is 0. The molecular weight excluding hydrogens is 248 g/mol. The maximum atomic E-state index is 6.16. The van der Waals surface area contributed by atoms with E-state index in [9.17, 15) is 0 Å². The fraction of sp³-hybridized carbons (Fsp3) is 0.571. The van der Waals surface area contributed by atoms with Gasteiger partial charge in [-0.1, -0.05) is 23.7 Å². The monoisotopic (exact) mass is 268 g/mol. The van der Waals surface area contributed by atoms with E-state index in [1.165, 1.54) is 5.56 Å². The van der Waals surface area contributed by atoms with Crippen molar-refractivity contribution in [3.8, 4) is 0 Å². The molecule has 1 heterocycles. The Morgan fingerprint density at radius 1 is 1.39 bits per heavy atom. The van der Waals surface area contributed by atoms with Crippen molar-refractivity contribution in [2.75, 3.05) is 20.2 Å². The SMILES string of the molecule is COC1CCN(C(c2ccc(Cl)cc2)C(C)N)C1. The molecule has 2 rings (SSSR count). The third-order valence-corrected chi connectivity index (χ3v) is 3.86. The van der Waals surface area contributed by atoms with Crippen LogP contribution in [0.1, 0.15) is 24.9 Å². The predicted molar refractivity (Wildman–Crippen MR) is 74.8 cm³/mol. The first-order valence-corrected chi connectivity index (χ1v) is 6.77. The molecule has 100 valence electrons. The van der Waals surface area contributed by atoms with Crippen LogP contribution in [0.5, 0.6) is 0 Å². The molecule has 0 saturated carbocycles. The summed E-state index contributed by atoms with van der Waals surface area (Å²) in [6, 6.07) is 8.31. The van der Waals surface area contributed by atoms with Gasteiger partial charge >= 0.3 is 0 Å². The lowest BCUT2D eigenvalue weighted by molar-refractivity contribution is 0.0982. The van der Waals surface area contributed by atoms with Crippen LogP contribution in [0.2, 0.25) is 5.02 Å². The van der Waals surface area contributed by atoms with Gasteiger partial charge < -0.3 is 10.5 Å². The highest BCUT2D eigenvalue weighted by molar-refractivity contribution is 6.30. The first-order chi connectivity index (χ1) is 8.61. The summed E-state index contributed by atoms with van der Waals surface area (Å²) in [6.07, 6.45) is 1.41. The van der Waals surface area contributed by atoms with Gasteiger partial charge in [0.05, 0.1) is 6.10 Å². The van der Waals surface area contributed by atoms with Crippen molar-refractivity contribution < 1.29 is 4.74 Å². The molecule has 0 amide bonds. The van der Waals surface area contributed by atoms with Gasteiger partial charge in [-0.25, -0.2) is 0 Å². The van der Waals surface area contributed by atoms with E-state index in [0.29, 0.717) is 6.10 Å². The standard InChI is InChI=1S/C14H21ClN2O/c1-10(16)14(11-3-5-12(15)6-4-11)17-8-7-13(9-17)18-2/h3-6,10,13-14H,7-9,16H2,1-2H3. The minimum atomic E-state index is 0.0850. The number of likely N-dealkylation sites (tertiary alicyclic amines) is 1. The highest BCUT2D eigenvalue weighted by Crippen LogP contribution is 2.28. The zero-order chi connectivity index (χ0) is 13.1. The van der Waals surface area contributed by atoms with Crippen LogP contribution in [-0.4, -0.2) is 37.2 Å². The normalized spacial score (nSPS) is 24.1. The van der Waals surface area contributed by atoms with Crippen LogP contribution in [0.15, 0.2) is 24.3 Å². The average molecular weight is 269 g/mol. The summed E-state index contributed by atoms with van der Waals surface area (Å²) in [5.41, 5.74) is 7.39. The van der Waals surface area contributed by atoms with E-state index in [4.69, 9.17) is 22.1 Å². The Kier molecular flexibility index (Phi) is 4.62. The van der Waals surface area contributed by atoms with Crippen LogP contribution in [0.3, 0.4) is 0 Å². The van der Waals surface area contributed by atoms with Crippen molar-refractivity contribution in [2.24, 2.45) is 5.73 Å². The minimum Gasteiger partial charge on any atom is -0.380 e. The Morgan fingerprint density at radius 2 is 2.06 bits per heavy atom. The molecule has 1 aliphatic rings. The van der Waals surface area contributed by atoms with Crippen molar-refractivity contribution in [1.29, 1.82) is 0 Å². The lowest BCUT2D eigenvalue weighted by Gasteiger charge is -2.31. The molecule has 3 nitrogen and oxygen atoms in total. The van der Waals surface area contributed by atoms with Crippen LogP contribution in [0.4, 0.5) is 0 Å². The largest absolute Gasteiger partial charge is 0.380 e. The van der Waals surface area contributed by atoms with Gasteiger partial charge in [0.15, 0.2) is 0 Å². The molecule has 3 unspecified atom stereocenters. The van der Waals surface area contributed by atoms with Crippen LogP contribution in [0.25, 0.3) is 0 Å². The van der Waals surface area contributed by atoms with Gasteiger partial charge in [-0.15, -0.1) is 0 Å². The Morgan fingerprint density at radius 3 is 2.56 bits per heavy atom. The summed E-state index contributed by atoms with van der Waals surface area (Å²) >= 11 is 5.94. The molecule has 3 atom stereocenters. The second-order valence-electron chi connectivity index (χ2n) is 5.00. The number of halogens is 1. The number of hydrogen-bond donors (Lipinski definition) is 1. The van der Waals surface area contributed by atoms with E-state index in [1.807, 2.05) is 12.1 Å². The second kappa shape index (κ2) is 6.02.